The molecule has 2 aromatic rings. The molecule has 1 aromatic heterocycles. The highest BCUT2D eigenvalue weighted by molar-refractivity contribution is 9.10. The minimum Gasteiger partial charge on any atom is -0.454 e. The lowest BCUT2D eigenvalue weighted by molar-refractivity contribution is 0.471. The molecule has 1 aromatic carbocycles. The zero-order valence-electron chi connectivity index (χ0n) is 10.5. The highest BCUT2D eigenvalue weighted by atomic mass is 79.9. The van der Waals surface area contributed by atoms with E-state index in [1.54, 1.807) is 18.5 Å². The number of rotatable bonds is 5. The molecule has 2 rings (SSSR count). The SMILES string of the molecule is CCNCc1ccncc1Oc1ccc(Br)cc1Cl. The van der Waals surface area contributed by atoms with Crippen molar-refractivity contribution in [2.45, 2.75) is 13.5 Å². The van der Waals surface area contributed by atoms with Crippen molar-refractivity contribution in [2.75, 3.05) is 6.54 Å². The van der Waals surface area contributed by atoms with Gasteiger partial charge < -0.3 is 10.1 Å². The summed E-state index contributed by atoms with van der Waals surface area (Å²) in [5.41, 5.74) is 1.05. The number of benzene rings is 1. The van der Waals surface area contributed by atoms with Gasteiger partial charge in [-0.15, -0.1) is 0 Å². The van der Waals surface area contributed by atoms with Gasteiger partial charge >= 0.3 is 0 Å². The van der Waals surface area contributed by atoms with Crippen LogP contribution in [0.4, 0.5) is 0 Å². The summed E-state index contributed by atoms with van der Waals surface area (Å²) >= 11 is 9.51. The van der Waals surface area contributed by atoms with Crippen molar-refractivity contribution in [2.24, 2.45) is 0 Å². The van der Waals surface area contributed by atoms with E-state index < -0.39 is 0 Å². The standard InChI is InChI=1S/C14H14BrClN2O/c1-2-17-8-10-5-6-18-9-14(10)19-13-4-3-11(15)7-12(13)16/h3-7,9,17H,2,8H2,1H3. The fourth-order valence-corrected chi connectivity index (χ4v) is 2.29. The molecule has 100 valence electrons. The first kappa shape index (κ1) is 14.3. The number of hydrogen-bond acceptors (Lipinski definition) is 3. The Morgan fingerprint density at radius 3 is 2.89 bits per heavy atom. The smallest absolute Gasteiger partial charge is 0.150 e. The summed E-state index contributed by atoms with van der Waals surface area (Å²) < 4.78 is 6.76. The van der Waals surface area contributed by atoms with E-state index in [1.165, 1.54) is 0 Å². The summed E-state index contributed by atoms with van der Waals surface area (Å²) in [6.45, 7) is 3.70. The van der Waals surface area contributed by atoms with Gasteiger partial charge in [0.25, 0.3) is 0 Å². The first-order chi connectivity index (χ1) is 9.20. The lowest BCUT2D eigenvalue weighted by Gasteiger charge is -2.12. The second-order valence-electron chi connectivity index (χ2n) is 3.94. The van der Waals surface area contributed by atoms with Gasteiger partial charge in [-0.2, -0.15) is 0 Å². The van der Waals surface area contributed by atoms with Gasteiger partial charge in [-0.05, 0) is 30.8 Å². The van der Waals surface area contributed by atoms with Gasteiger partial charge in [-0.25, -0.2) is 0 Å². The van der Waals surface area contributed by atoms with E-state index in [-0.39, 0.29) is 0 Å². The second kappa shape index (κ2) is 6.89. The Balaban J connectivity index is 2.22. The Hall–Kier alpha value is -1.10. The van der Waals surface area contributed by atoms with Gasteiger partial charge in [0.15, 0.2) is 0 Å². The molecule has 0 saturated heterocycles. The Morgan fingerprint density at radius 2 is 2.16 bits per heavy atom. The molecule has 1 heterocycles. The molecule has 0 spiro atoms. The van der Waals surface area contributed by atoms with Gasteiger partial charge in [0, 0.05) is 22.8 Å². The summed E-state index contributed by atoms with van der Waals surface area (Å²) in [7, 11) is 0. The van der Waals surface area contributed by atoms with E-state index in [9.17, 15) is 0 Å². The number of pyridine rings is 1. The molecule has 19 heavy (non-hydrogen) atoms. The molecule has 0 bridgehead atoms. The third-order valence-electron chi connectivity index (χ3n) is 2.55. The summed E-state index contributed by atoms with van der Waals surface area (Å²) in [5.74, 6) is 1.34. The molecular weight excluding hydrogens is 328 g/mol. The van der Waals surface area contributed by atoms with Crippen LogP contribution in [0.15, 0.2) is 41.1 Å². The molecule has 0 radical (unpaired) electrons. The third-order valence-corrected chi connectivity index (χ3v) is 3.34. The third kappa shape index (κ3) is 3.93. The Labute approximate surface area is 126 Å². The van der Waals surface area contributed by atoms with Crippen LogP contribution in [-0.2, 0) is 6.54 Å². The molecule has 0 amide bonds. The molecule has 0 aliphatic heterocycles. The number of aromatic nitrogens is 1. The molecule has 3 nitrogen and oxygen atoms in total. The van der Waals surface area contributed by atoms with E-state index in [4.69, 9.17) is 16.3 Å². The van der Waals surface area contributed by atoms with Crippen molar-refractivity contribution in [1.29, 1.82) is 0 Å². The summed E-state index contributed by atoms with van der Waals surface area (Å²) in [5, 5.41) is 3.83. The van der Waals surface area contributed by atoms with Crippen molar-refractivity contribution in [3.63, 3.8) is 0 Å². The molecular formula is C14H14BrClN2O. The molecule has 1 N–H and O–H groups in total. The first-order valence-electron chi connectivity index (χ1n) is 5.97. The van der Waals surface area contributed by atoms with Gasteiger partial charge in [-0.1, -0.05) is 34.5 Å². The van der Waals surface area contributed by atoms with Crippen LogP contribution in [0.25, 0.3) is 0 Å². The molecule has 0 aliphatic rings. The van der Waals surface area contributed by atoms with Crippen LogP contribution in [0.2, 0.25) is 5.02 Å². The number of hydrogen-bond donors (Lipinski definition) is 1. The second-order valence-corrected chi connectivity index (χ2v) is 5.26. The Kier molecular flexibility index (Phi) is 5.19. The van der Waals surface area contributed by atoms with E-state index in [2.05, 4.69) is 33.2 Å². The molecule has 5 heteroatoms. The van der Waals surface area contributed by atoms with Crippen LogP contribution in [-0.4, -0.2) is 11.5 Å². The zero-order chi connectivity index (χ0) is 13.7. The van der Waals surface area contributed by atoms with Gasteiger partial charge in [-0.3, -0.25) is 4.98 Å². The quantitative estimate of drug-likeness (QED) is 0.875. The van der Waals surface area contributed by atoms with Gasteiger partial charge in [0.1, 0.15) is 11.5 Å². The molecule has 0 atom stereocenters. The minimum atomic E-state index is 0.563. The van der Waals surface area contributed by atoms with Crippen LogP contribution in [0.3, 0.4) is 0 Å². The topological polar surface area (TPSA) is 34.2 Å². The molecule has 0 unspecified atom stereocenters. The summed E-state index contributed by atoms with van der Waals surface area (Å²) in [6, 6.07) is 7.46. The predicted octanol–water partition coefficient (Wildman–Crippen LogP) is 4.40. The minimum absolute atomic E-state index is 0.563. The van der Waals surface area contributed by atoms with Crippen LogP contribution in [0, 0.1) is 0 Å². The normalized spacial score (nSPS) is 10.5. The summed E-state index contributed by atoms with van der Waals surface area (Å²) in [6.07, 6.45) is 3.45. The Morgan fingerprint density at radius 1 is 1.32 bits per heavy atom. The maximum atomic E-state index is 6.15. The summed E-state index contributed by atoms with van der Waals surface area (Å²) in [4.78, 5) is 4.09. The van der Waals surface area contributed by atoms with Crippen LogP contribution >= 0.6 is 27.5 Å². The van der Waals surface area contributed by atoms with Crippen LogP contribution in [0.1, 0.15) is 12.5 Å². The van der Waals surface area contributed by atoms with Crippen LogP contribution < -0.4 is 10.1 Å². The highest BCUT2D eigenvalue weighted by Gasteiger charge is 2.08. The number of halogens is 2. The molecule has 0 fully saturated rings. The predicted molar refractivity (Wildman–Crippen MR) is 80.8 cm³/mol. The number of ether oxygens (including phenoxy) is 1. The van der Waals surface area contributed by atoms with Crippen molar-refractivity contribution in [3.8, 4) is 11.5 Å². The number of nitrogens with one attached hydrogen (secondary N) is 1. The van der Waals surface area contributed by atoms with E-state index in [1.807, 2.05) is 18.2 Å². The van der Waals surface area contributed by atoms with Crippen molar-refractivity contribution in [3.05, 3.63) is 51.7 Å². The van der Waals surface area contributed by atoms with E-state index >= 15 is 0 Å². The Bertz CT molecular complexity index is 563. The largest absolute Gasteiger partial charge is 0.454 e. The maximum Gasteiger partial charge on any atom is 0.150 e. The molecule has 0 aliphatic carbocycles. The lowest BCUT2D eigenvalue weighted by atomic mass is 10.2. The highest BCUT2D eigenvalue weighted by Crippen LogP contribution is 2.32. The van der Waals surface area contributed by atoms with E-state index in [0.717, 1.165) is 23.1 Å². The maximum absolute atomic E-state index is 6.15. The first-order valence-corrected chi connectivity index (χ1v) is 7.14. The molecule has 0 saturated carbocycles. The van der Waals surface area contributed by atoms with Crippen LogP contribution in [0.5, 0.6) is 11.5 Å². The monoisotopic (exact) mass is 340 g/mol. The average Bonchev–Trinajstić information content (AvgIpc) is 2.41. The van der Waals surface area contributed by atoms with Gasteiger partial charge in [0.05, 0.1) is 11.2 Å². The average molecular weight is 342 g/mol. The van der Waals surface area contributed by atoms with Crippen molar-refractivity contribution >= 4 is 27.5 Å². The van der Waals surface area contributed by atoms with Gasteiger partial charge in [0.2, 0.25) is 0 Å². The van der Waals surface area contributed by atoms with Crippen molar-refractivity contribution < 1.29 is 4.74 Å². The zero-order valence-corrected chi connectivity index (χ0v) is 12.8. The van der Waals surface area contributed by atoms with E-state index in [0.29, 0.717) is 16.5 Å². The fourth-order valence-electron chi connectivity index (χ4n) is 1.58. The number of nitrogens with zero attached hydrogens (tertiary/aromatic N) is 1. The lowest BCUT2D eigenvalue weighted by Crippen LogP contribution is -2.12. The fraction of sp³-hybridized carbons (Fsp3) is 0.214. The van der Waals surface area contributed by atoms with Crippen molar-refractivity contribution in [1.82, 2.24) is 10.3 Å².